The minimum Gasteiger partial charge on any atom is -0.464 e. The van der Waals surface area contributed by atoms with Crippen molar-refractivity contribution in [2.75, 3.05) is 13.2 Å². The third kappa shape index (κ3) is 3.65. The number of carbonyl (C=O) groups excluding carboxylic acids is 1. The fourth-order valence-electron chi connectivity index (χ4n) is 5.14. The molecule has 1 amide bonds. The zero-order valence-corrected chi connectivity index (χ0v) is 17.4. The van der Waals surface area contributed by atoms with E-state index in [-0.39, 0.29) is 5.91 Å². The SMILES string of the molecule is O=C(NC1CCCC1)C1(Cc2ccccc2-c2coc3ccccc23)CCOCC1. The predicted octanol–water partition coefficient (Wildman–Crippen LogP) is 5.50. The molecule has 2 heterocycles. The maximum absolute atomic E-state index is 13.5. The molecule has 4 heteroatoms. The molecule has 1 aliphatic carbocycles. The highest BCUT2D eigenvalue weighted by atomic mass is 16.5. The highest BCUT2D eigenvalue weighted by molar-refractivity contribution is 5.95. The average Bonchev–Trinajstić information content (AvgIpc) is 3.45. The van der Waals surface area contributed by atoms with Gasteiger partial charge >= 0.3 is 0 Å². The van der Waals surface area contributed by atoms with E-state index in [2.05, 4.69) is 35.6 Å². The summed E-state index contributed by atoms with van der Waals surface area (Å²) in [6.45, 7) is 1.30. The van der Waals surface area contributed by atoms with E-state index in [9.17, 15) is 4.79 Å². The van der Waals surface area contributed by atoms with Crippen LogP contribution in [0.15, 0.2) is 59.2 Å². The Balaban J connectivity index is 1.49. The van der Waals surface area contributed by atoms with Gasteiger partial charge in [0, 0.05) is 30.2 Å². The monoisotopic (exact) mass is 403 g/mol. The Morgan fingerprint density at radius 2 is 1.70 bits per heavy atom. The Labute approximate surface area is 177 Å². The summed E-state index contributed by atoms with van der Waals surface area (Å²) in [4.78, 5) is 13.5. The van der Waals surface area contributed by atoms with Crippen molar-refractivity contribution < 1.29 is 13.9 Å². The third-order valence-corrected chi connectivity index (χ3v) is 6.94. The van der Waals surface area contributed by atoms with Crippen molar-refractivity contribution in [1.29, 1.82) is 0 Å². The van der Waals surface area contributed by atoms with Crippen molar-refractivity contribution in [3.8, 4) is 11.1 Å². The summed E-state index contributed by atoms with van der Waals surface area (Å²) in [5.41, 5.74) is 3.94. The molecule has 0 atom stereocenters. The molecule has 2 fully saturated rings. The molecule has 0 radical (unpaired) electrons. The van der Waals surface area contributed by atoms with Crippen molar-refractivity contribution in [2.24, 2.45) is 5.41 Å². The molecular weight excluding hydrogens is 374 g/mol. The van der Waals surface area contributed by atoms with Gasteiger partial charge in [-0.05, 0) is 49.3 Å². The van der Waals surface area contributed by atoms with Gasteiger partial charge in [0.25, 0.3) is 0 Å². The van der Waals surface area contributed by atoms with Crippen LogP contribution < -0.4 is 5.32 Å². The van der Waals surface area contributed by atoms with E-state index >= 15 is 0 Å². The van der Waals surface area contributed by atoms with Crippen LogP contribution in [0, 0.1) is 5.41 Å². The lowest BCUT2D eigenvalue weighted by atomic mass is 9.73. The van der Waals surface area contributed by atoms with Gasteiger partial charge in [-0.25, -0.2) is 0 Å². The fourth-order valence-corrected chi connectivity index (χ4v) is 5.14. The number of para-hydroxylation sites is 1. The number of hydrogen-bond acceptors (Lipinski definition) is 3. The number of rotatable bonds is 5. The van der Waals surface area contributed by atoms with Crippen molar-refractivity contribution in [3.05, 3.63) is 60.4 Å². The van der Waals surface area contributed by atoms with Crippen LogP contribution in [0.3, 0.4) is 0 Å². The van der Waals surface area contributed by atoms with Gasteiger partial charge in [0.2, 0.25) is 5.91 Å². The molecule has 1 saturated heterocycles. The third-order valence-electron chi connectivity index (χ3n) is 6.94. The van der Waals surface area contributed by atoms with Crippen LogP contribution in [-0.2, 0) is 16.0 Å². The lowest BCUT2D eigenvalue weighted by Gasteiger charge is -2.37. The first-order chi connectivity index (χ1) is 14.8. The first kappa shape index (κ1) is 19.4. The number of benzene rings is 2. The van der Waals surface area contributed by atoms with Crippen LogP contribution in [0.5, 0.6) is 0 Å². The number of fused-ring (bicyclic) bond motifs is 1. The molecule has 0 unspecified atom stereocenters. The maximum atomic E-state index is 13.5. The molecule has 156 valence electrons. The van der Waals surface area contributed by atoms with Gasteiger partial charge in [0.05, 0.1) is 11.7 Å². The van der Waals surface area contributed by atoms with E-state index in [1.54, 1.807) is 0 Å². The van der Waals surface area contributed by atoms with Crippen molar-refractivity contribution in [1.82, 2.24) is 5.32 Å². The number of furan rings is 1. The van der Waals surface area contributed by atoms with Gasteiger partial charge in [-0.1, -0.05) is 55.3 Å². The Kier molecular flexibility index (Phi) is 5.34. The zero-order chi connectivity index (χ0) is 20.4. The summed E-state index contributed by atoms with van der Waals surface area (Å²) in [7, 11) is 0. The topological polar surface area (TPSA) is 51.5 Å². The Morgan fingerprint density at radius 3 is 2.53 bits per heavy atom. The van der Waals surface area contributed by atoms with E-state index in [0.717, 1.165) is 54.2 Å². The number of hydrogen-bond donors (Lipinski definition) is 1. The van der Waals surface area contributed by atoms with E-state index in [1.807, 2.05) is 24.5 Å². The molecule has 3 aromatic rings. The molecule has 1 saturated carbocycles. The van der Waals surface area contributed by atoms with Crippen LogP contribution in [-0.4, -0.2) is 25.2 Å². The minimum atomic E-state index is -0.406. The lowest BCUT2D eigenvalue weighted by molar-refractivity contribution is -0.137. The molecule has 2 aliphatic rings. The molecule has 5 rings (SSSR count). The standard InChI is InChI=1S/C26H29NO3/c28-25(27-20-8-2-3-9-20)26(13-15-29-16-14-26)17-19-7-1-4-10-21(19)23-18-30-24-12-6-5-11-22(23)24/h1,4-7,10-12,18,20H,2-3,8-9,13-17H2,(H,27,28). The number of nitrogens with one attached hydrogen (secondary N) is 1. The molecule has 1 aliphatic heterocycles. The molecule has 1 N–H and O–H groups in total. The van der Waals surface area contributed by atoms with Crippen molar-refractivity contribution >= 4 is 16.9 Å². The second-order valence-corrected chi connectivity index (χ2v) is 8.83. The largest absolute Gasteiger partial charge is 0.464 e. The van der Waals surface area contributed by atoms with E-state index in [1.165, 1.54) is 18.4 Å². The minimum absolute atomic E-state index is 0.213. The second kappa shape index (κ2) is 8.27. The Morgan fingerprint density at radius 1 is 0.967 bits per heavy atom. The lowest BCUT2D eigenvalue weighted by Crippen LogP contribution is -2.48. The summed E-state index contributed by atoms with van der Waals surface area (Å²) in [5.74, 6) is 0.213. The smallest absolute Gasteiger partial charge is 0.226 e. The molecular formula is C26H29NO3. The van der Waals surface area contributed by atoms with E-state index < -0.39 is 5.41 Å². The molecule has 0 bridgehead atoms. The van der Waals surface area contributed by atoms with Gasteiger partial charge in [-0.2, -0.15) is 0 Å². The summed E-state index contributed by atoms with van der Waals surface area (Å²) >= 11 is 0. The Bertz CT molecular complexity index is 1030. The Hall–Kier alpha value is -2.59. The summed E-state index contributed by atoms with van der Waals surface area (Å²) in [6.07, 6.45) is 8.77. The average molecular weight is 404 g/mol. The van der Waals surface area contributed by atoms with Crippen LogP contribution in [0.4, 0.5) is 0 Å². The number of amides is 1. The van der Waals surface area contributed by atoms with Crippen molar-refractivity contribution in [2.45, 2.75) is 51.0 Å². The summed E-state index contributed by atoms with van der Waals surface area (Å²) in [6, 6.07) is 16.9. The predicted molar refractivity (Wildman–Crippen MR) is 118 cm³/mol. The van der Waals surface area contributed by atoms with Crippen molar-refractivity contribution in [3.63, 3.8) is 0 Å². The van der Waals surface area contributed by atoms with Gasteiger partial charge in [-0.3, -0.25) is 4.79 Å². The van der Waals surface area contributed by atoms with Crippen LogP contribution in [0.25, 0.3) is 22.1 Å². The van der Waals surface area contributed by atoms with Crippen LogP contribution in [0.1, 0.15) is 44.1 Å². The first-order valence-electron chi connectivity index (χ1n) is 11.2. The molecule has 4 nitrogen and oxygen atoms in total. The number of ether oxygens (including phenoxy) is 1. The van der Waals surface area contributed by atoms with E-state index in [0.29, 0.717) is 19.3 Å². The van der Waals surface area contributed by atoms with E-state index in [4.69, 9.17) is 9.15 Å². The quantitative estimate of drug-likeness (QED) is 0.612. The normalized spacial score (nSPS) is 19.2. The summed E-state index contributed by atoms with van der Waals surface area (Å²) in [5, 5.41) is 4.49. The molecule has 1 aromatic heterocycles. The van der Waals surface area contributed by atoms with Gasteiger partial charge < -0.3 is 14.5 Å². The van der Waals surface area contributed by atoms with Gasteiger partial charge in [0.1, 0.15) is 5.58 Å². The first-order valence-corrected chi connectivity index (χ1v) is 11.2. The fraction of sp³-hybridized carbons (Fsp3) is 0.423. The number of carbonyl (C=O) groups is 1. The van der Waals surface area contributed by atoms with Gasteiger partial charge in [-0.15, -0.1) is 0 Å². The molecule has 30 heavy (non-hydrogen) atoms. The highest BCUT2D eigenvalue weighted by Gasteiger charge is 2.41. The van der Waals surface area contributed by atoms with Crippen LogP contribution >= 0.6 is 0 Å². The second-order valence-electron chi connectivity index (χ2n) is 8.83. The van der Waals surface area contributed by atoms with Gasteiger partial charge in [0.15, 0.2) is 0 Å². The highest BCUT2D eigenvalue weighted by Crippen LogP contribution is 2.40. The maximum Gasteiger partial charge on any atom is 0.226 e. The summed E-state index contributed by atoms with van der Waals surface area (Å²) < 4.78 is 11.5. The molecule has 0 spiro atoms. The zero-order valence-electron chi connectivity index (χ0n) is 17.4. The van der Waals surface area contributed by atoms with Crippen LogP contribution in [0.2, 0.25) is 0 Å². The molecule has 2 aromatic carbocycles.